The molecule has 3 rings (SSSR count). The molecule has 1 aliphatic carbocycles. The molecule has 1 aliphatic rings. The van der Waals surface area contributed by atoms with Gasteiger partial charge in [0.1, 0.15) is 7.11 Å². The zero-order valence-corrected chi connectivity index (χ0v) is 11.5. The Morgan fingerprint density at radius 3 is 2.42 bits per heavy atom. The SMILES string of the molecule is C[OH+]B(O)c1cccc2c1-c1ccccc1C2(C)C. The van der Waals surface area contributed by atoms with E-state index in [4.69, 9.17) is 0 Å². The monoisotopic (exact) mass is 253 g/mol. The first-order valence-corrected chi connectivity index (χ1v) is 6.57. The molecule has 0 unspecified atom stereocenters. The van der Waals surface area contributed by atoms with Gasteiger partial charge in [-0.15, -0.1) is 0 Å². The summed E-state index contributed by atoms with van der Waals surface area (Å²) < 4.78 is 4.01. The summed E-state index contributed by atoms with van der Waals surface area (Å²) in [6.45, 7) is 4.47. The second-order valence-electron chi connectivity index (χ2n) is 5.57. The van der Waals surface area contributed by atoms with Crippen LogP contribution in [0.5, 0.6) is 0 Å². The summed E-state index contributed by atoms with van der Waals surface area (Å²) in [6, 6.07) is 14.6. The average molecular weight is 253 g/mol. The van der Waals surface area contributed by atoms with Crippen LogP contribution in [0.3, 0.4) is 0 Å². The fourth-order valence-corrected chi connectivity index (χ4v) is 3.14. The maximum Gasteiger partial charge on any atom is 0.729 e. The lowest BCUT2D eigenvalue weighted by atomic mass is 9.73. The highest BCUT2D eigenvalue weighted by Crippen LogP contribution is 2.47. The van der Waals surface area contributed by atoms with Gasteiger partial charge in [-0.3, -0.25) is 0 Å². The molecule has 3 heteroatoms. The van der Waals surface area contributed by atoms with E-state index in [0.29, 0.717) is 0 Å². The first-order valence-electron chi connectivity index (χ1n) is 6.57. The van der Waals surface area contributed by atoms with Gasteiger partial charge in [0.15, 0.2) is 0 Å². The van der Waals surface area contributed by atoms with E-state index < -0.39 is 7.12 Å². The van der Waals surface area contributed by atoms with Crippen LogP contribution < -0.4 is 5.46 Å². The molecule has 96 valence electrons. The van der Waals surface area contributed by atoms with Gasteiger partial charge in [-0.2, -0.15) is 0 Å². The summed E-state index contributed by atoms with van der Waals surface area (Å²) in [5.41, 5.74) is 5.85. The van der Waals surface area contributed by atoms with Crippen LogP contribution in [-0.4, -0.2) is 23.9 Å². The van der Waals surface area contributed by atoms with Crippen LogP contribution in [0.25, 0.3) is 11.1 Å². The van der Waals surface area contributed by atoms with Crippen molar-refractivity contribution in [3.63, 3.8) is 0 Å². The van der Waals surface area contributed by atoms with Crippen LogP contribution in [-0.2, 0) is 5.41 Å². The Morgan fingerprint density at radius 2 is 1.68 bits per heavy atom. The molecule has 0 saturated heterocycles. The highest BCUT2D eigenvalue weighted by Gasteiger charge is 2.40. The van der Waals surface area contributed by atoms with Gasteiger partial charge in [0.05, 0.1) is 5.46 Å². The number of aliphatic hydroxyl groups is 1. The number of hydrogen-bond donors (Lipinski definition) is 1. The smallest absolute Gasteiger partial charge is 0.513 e. The summed E-state index contributed by atoms with van der Waals surface area (Å²) in [7, 11) is 0.896. The van der Waals surface area contributed by atoms with Gasteiger partial charge in [-0.05, 0) is 22.3 Å². The fourth-order valence-electron chi connectivity index (χ4n) is 3.14. The Kier molecular flexibility index (Phi) is 2.77. The Bertz CT molecular complexity index is 634. The topological polar surface area (TPSA) is 33.0 Å². The minimum atomic E-state index is -0.753. The standard InChI is InChI=1S/C16H17BO2/c1-16(2)12-8-5-4-7-11(12)15-13(16)9-6-10-14(15)17(18)19-3/h4-10,18H,1-3H3/p+1. The first kappa shape index (κ1) is 12.5. The molecule has 0 aliphatic heterocycles. The minimum Gasteiger partial charge on any atom is -0.513 e. The number of hydrogen-bond acceptors (Lipinski definition) is 1. The van der Waals surface area contributed by atoms with Crippen molar-refractivity contribution in [1.82, 2.24) is 0 Å². The summed E-state index contributed by atoms with van der Waals surface area (Å²) in [6.07, 6.45) is 0. The van der Waals surface area contributed by atoms with Crippen LogP contribution in [0.4, 0.5) is 0 Å². The maximum absolute atomic E-state index is 10.1. The van der Waals surface area contributed by atoms with E-state index in [1.807, 2.05) is 12.1 Å². The van der Waals surface area contributed by atoms with E-state index >= 15 is 0 Å². The summed E-state index contributed by atoms with van der Waals surface area (Å²) in [5, 5.41) is 10.1. The van der Waals surface area contributed by atoms with E-state index in [9.17, 15) is 5.02 Å². The van der Waals surface area contributed by atoms with E-state index in [-0.39, 0.29) is 5.41 Å². The average Bonchev–Trinajstić information content (AvgIpc) is 2.68. The van der Waals surface area contributed by atoms with Gasteiger partial charge in [0.25, 0.3) is 0 Å². The number of fused-ring (bicyclic) bond motifs is 3. The third-order valence-corrected chi connectivity index (χ3v) is 4.16. The van der Waals surface area contributed by atoms with Crippen molar-refractivity contribution in [1.29, 1.82) is 0 Å². The van der Waals surface area contributed by atoms with Crippen molar-refractivity contribution in [3.8, 4) is 11.1 Å². The quantitative estimate of drug-likeness (QED) is 0.643. The zero-order valence-electron chi connectivity index (χ0n) is 11.5. The van der Waals surface area contributed by atoms with E-state index in [1.54, 1.807) is 7.11 Å². The third-order valence-electron chi connectivity index (χ3n) is 4.16. The lowest BCUT2D eigenvalue weighted by molar-refractivity contribution is 0.171. The highest BCUT2D eigenvalue weighted by atomic mass is 16.5. The van der Waals surface area contributed by atoms with Crippen molar-refractivity contribution < 1.29 is 9.68 Å². The molecule has 0 bridgehead atoms. The van der Waals surface area contributed by atoms with Crippen molar-refractivity contribution in [3.05, 3.63) is 53.6 Å². The predicted octanol–water partition coefficient (Wildman–Crippen LogP) is 1.84. The van der Waals surface area contributed by atoms with Crippen molar-refractivity contribution in [2.45, 2.75) is 19.3 Å². The Hall–Kier alpha value is -1.58. The molecule has 2 N–H and O–H groups in total. The van der Waals surface area contributed by atoms with Crippen LogP contribution in [0.15, 0.2) is 42.5 Å². The van der Waals surface area contributed by atoms with Crippen LogP contribution >= 0.6 is 0 Å². The Labute approximate surface area is 114 Å². The number of rotatable bonds is 2. The first-order chi connectivity index (χ1) is 9.07. The normalized spacial score (nSPS) is 14.9. The minimum absolute atomic E-state index is 0.0185. The van der Waals surface area contributed by atoms with Crippen LogP contribution in [0.1, 0.15) is 25.0 Å². The highest BCUT2D eigenvalue weighted by molar-refractivity contribution is 6.61. The maximum atomic E-state index is 10.1. The fraction of sp³-hybridized carbons (Fsp3) is 0.250. The van der Waals surface area contributed by atoms with Crippen LogP contribution in [0, 0.1) is 0 Å². The van der Waals surface area contributed by atoms with Gasteiger partial charge in [-0.1, -0.05) is 56.3 Å². The van der Waals surface area contributed by atoms with Crippen molar-refractivity contribution in [2.75, 3.05) is 7.11 Å². The molecule has 0 saturated carbocycles. The van der Waals surface area contributed by atoms with Gasteiger partial charge < -0.3 is 9.68 Å². The van der Waals surface area contributed by atoms with Crippen LogP contribution in [0.2, 0.25) is 0 Å². The summed E-state index contributed by atoms with van der Waals surface area (Å²) in [5.74, 6) is 0. The second kappa shape index (κ2) is 4.22. The Morgan fingerprint density at radius 1 is 1.00 bits per heavy atom. The Balaban J connectivity index is 2.34. The van der Waals surface area contributed by atoms with Crippen molar-refractivity contribution in [2.24, 2.45) is 0 Å². The van der Waals surface area contributed by atoms with Crippen molar-refractivity contribution >= 4 is 12.6 Å². The molecule has 19 heavy (non-hydrogen) atoms. The molecule has 0 atom stereocenters. The molecular formula is C16H18BO2+. The second-order valence-corrected chi connectivity index (χ2v) is 5.57. The molecular weight excluding hydrogens is 235 g/mol. The molecule has 2 aromatic carbocycles. The van der Waals surface area contributed by atoms with Gasteiger partial charge in [0.2, 0.25) is 0 Å². The zero-order chi connectivity index (χ0) is 13.6. The molecule has 0 amide bonds. The predicted molar refractivity (Wildman–Crippen MR) is 79.8 cm³/mol. The molecule has 0 spiro atoms. The molecule has 0 heterocycles. The van der Waals surface area contributed by atoms with Gasteiger partial charge in [-0.25, -0.2) is 0 Å². The van der Waals surface area contributed by atoms with Gasteiger partial charge in [0, 0.05) is 5.41 Å². The lowest BCUT2D eigenvalue weighted by Crippen LogP contribution is -2.37. The molecule has 2 aromatic rings. The molecule has 0 radical (unpaired) electrons. The van der Waals surface area contributed by atoms with E-state index in [0.717, 1.165) is 11.0 Å². The van der Waals surface area contributed by atoms with Gasteiger partial charge >= 0.3 is 7.12 Å². The number of benzene rings is 2. The third kappa shape index (κ3) is 1.66. The molecule has 0 fully saturated rings. The van der Waals surface area contributed by atoms with E-state index in [1.165, 1.54) is 16.7 Å². The largest absolute Gasteiger partial charge is 0.729 e. The summed E-state index contributed by atoms with van der Waals surface area (Å²) in [4.78, 5) is 0. The summed E-state index contributed by atoms with van der Waals surface area (Å²) >= 11 is 0. The molecule has 0 aromatic heterocycles. The molecule has 2 nitrogen and oxygen atoms in total. The lowest BCUT2D eigenvalue weighted by Gasteiger charge is -2.21. The van der Waals surface area contributed by atoms with E-state index in [2.05, 4.69) is 48.8 Å².